The van der Waals surface area contributed by atoms with Gasteiger partial charge in [0.1, 0.15) is 18.1 Å². The van der Waals surface area contributed by atoms with Crippen LogP contribution in [0, 0.1) is 5.92 Å². The number of benzene rings is 2. The molecule has 2 fully saturated rings. The molecule has 2 aliphatic rings. The summed E-state index contributed by atoms with van der Waals surface area (Å²) in [5.41, 5.74) is 2.19. The molecule has 2 aromatic rings. The minimum atomic E-state index is 0.328. The van der Waals surface area contributed by atoms with Crippen molar-refractivity contribution in [2.75, 3.05) is 26.2 Å². The van der Waals surface area contributed by atoms with Gasteiger partial charge in [-0.25, -0.2) is 0 Å². The molecule has 1 saturated heterocycles. The van der Waals surface area contributed by atoms with E-state index in [2.05, 4.69) is 16.3 Å². The molecule has 1 heterocycles. The molecule has 0 unspecified atom stereocenters. The topological polar surface area (TPSA) is 44.7 Å². The van der Waals surface area contributed by atoms with E-state index in [0.29, 0.717) is 24.3 Å². The molecule has 0 amide bonds. The van der Waals surface area contributed by atoms with Gasteiger partial charge in [0.15, 0.2) is 0 Å². The van der Waals surface area contributed by atoms with E-state index in [1.54, 1.807) is 6.07 Å². The van der Waals surface area contributed by atoms with Crippen molar-refractivity contribution >= 4 is 0 Å². The first-order valence-electron chi connectivity index (χ1n) is 9.75. The van der Waals surface area contributed by atoms with Crippen LogP contribution in [0.25, 0.3) is 0 Å². The lowest BCUT2D eigenvalue weighted by atomic mass is 9.76. The first-order chi connectivity index (χ1) is 12.8. The molecular weight excluding hydrogens is 324 g/mol. The highest BCUT2D eigenvalue weighted by molar-refractivity contribution is 5.42. The number of aromatic hydroxyl groups is 1. The second-order valence-electron chi connectivity index (χ2n) is 7.42. The van der Waals surface area contributed by atoms with E-state index in [4.69, 9.17) is 4.74 Å². The van der Waals surface area contributed by atoms with Crippen molar-refractivity contribution in [1.29, 1.82) is 0 Å². The third kappa shape index (κ3) is 3.87. The predicted octanol–water partition coefficient (Wildman–Crippen LogP) is 3.72. The molecule has 4 nitrogen and oxygen atoms in total. The van der Waals surface area contributed by atoms with E-state index in [0.717, 1.165) is 43.1 Å². The Bertz CT molecular complexity index is 709. The smallest absolute Gasteiger partial charge is 0.124 e. The van der Waals surface area contributed by atoms with Crippen molar-refractivity contribution in [3.63, 3.8) is 0 Å². The van der Waals surface area contributed by atoms with Gasteiger partial charge in [-0.1, -0.05) is 42.8 Å². The lowest BCUT2D eigenvalue weighted by molar-refractivity contribution is 0.0818. The zero-order valence-corrected chi connectivity index (χ0v) is 15.2. The van der Waals surface area contributed by atoms with E-state index >= 15 is 0 Å². The van der Waals surface area contributed by atoms with Crippen LogP contribution in [0.1, 0.15) is 36.4 Å². The largest absolute Gasteiger partial charge is 0.507 e. The van der Waals surface area contributed by atoms with Gasteiger partial charge < -0.3 is 15.2 Å². The molecule has 0 radical (unpaired) electrons. The monoisotopic (exact) mass is 352 g/mol. The first-order valence-corrected chi connectivity index (χ1v) is 9.75. The molecule has 2 aromatic carbocycles. The average molecular weight is 352 g/mol. The number of piperazine rings is 1. The van der Waals surface area contributed by atoms with Gasteiger partial charge in [0, 0.05) is 43.9 Å². The van der Waals surface area contributed by atoms with Gasteiger partial charge in [-0.15, -0.1) is 0 Å². The minimum Gasteiger partial charge on any atom is -0.507 e. The number of phenolic OH excluding ortho intramolecular Hbond substituents is 1. The fourth-order valence-corrected chi connectivity index (χ4v) is 4.07. The minimum absolute atomic E-state index is 0.328. The molecule has 4 rings (SSSR count). The SMILES string of the molecule is Oc1cc(OCc2ccccc2)ccc1[C@H](C1CCC1)N1CCNCC1. The molecular formula is C22H28N2O2. The molecule has 1 aliphatic carbocycles. The third-order valence-electron chi connectivity index (χ3n) is 5.71. The van der Waals surface area contributed by atoms with Crippen LogP contribution in [0.15, 0.2) is 48.5 Å². The summed E-state index contributed by atoms with van der Waals surface area (Å²) < 4.78 is 5.87. The highest BCUT2D eigenvalue weighted by Gasteiger charge is 2.35. The Labute approximate surface area is 155 Å². The summed E-state index contributed by atoms with van der Waals surface area (Å²) in [6.45, 7) is 4.67. The Morgan fingerprint density at radius 3 is 2.50 bits per heavy atom. The summed E-state index contributed by atoms with van der Waals surface area (Å²) >= 11 is 0. The lowest BCUT2D eigenvalue weighted by Crippen LogP contribution is -2.47. The normalized spacial score (nSPS) is 19.7. The first kappa shape index (κ1) is 17.4. The van der Waals surface area contributed by atoms with Crippen LogP contribution < -0.4 is 10.1 Å². The molecule has 0 spiro atoms. The summed E-state index contributed by atoms with van der Waals surface area (Å²) in [5, 5.41) is 14.2. The Morgan fingerprint density at radius 1 is 1.08 bits per heavy atom. The Balaban J connectivity index is 1.49. The van der Waals surface area contributed by atoms with Crippen molar-refractivity contribution in [1.82, 2.24) is 10.2 Å². The second-order valence-corrected chi connectivity index (χ2v) is 7.42. The van der Waals surface area contributed by atoms with Crippen molar-refractivity contribution in [3.8, 4) is 11.5 Å². The molecule has 0 aromatic heterocycles. The number of ether oxygens (including phenoxy) is 1. The van der Waals surface area contributed by atoms with Gasteiger partial charge in [-0.3, -0.25) is 4.90 Å². The van der Waals surface area contributed by atoms with Gasteiger partial charge in [-0.2, -0.15) is 0 Å². The van der Waals surface area contributed by atoms with Crippen LogP contribution in [0.2, 0.25) is 0 Å². The van der Waals surface area contributed by atoms with Crippen LogP contribution >= 0.6 is 0 Å². The summed E-state index contributed by atoms with van der Waals surface area (Å²) in [4.78, 5) is 2.54. The van der Waals surface area contributed by atoms with Crippen LogP contribution in [0.5, 0.6) is 11.5 Å². The maximum Gasteiger partial charge on any atom is 0.124 e. The predicted molar refractivity (Wildman–Crippen MR) is 103 cm³/mol. The second kappa shape index (κ2) is 8.11. The van der Waals surface area contributed by atoms with Crippen molar-refractivity contribution in [2.45, 2.75) is 31.9 Å². The van der Waals surface area contributed by atoms with Gasteiger partial charge in [0.25, 0.3) is 0 Å². The van der Waals surface area contributed by atoms with E-state index in [9.17, 15) is 5.11 Å². The Kier molecular flexibility index (Phi) is 5.42. The van der Waals surface area contributed by atoms with Gasteiger partial charge in [0.05, 0.1) is 0 Å². The maximum absolute atomic E-state index is 10.7. The molecule has 138 valence electrons. The van der Waals surface area contributed by atoms with Crippen molar-refractivity contribution < 1.29 is 9.84 Å². The van der Waals surface area contributed by atoms with Gasteiger partial charge >= 0.3 is 0 Å². The van der Waals surface area contributed by atoms with Crippen LogP contribution in [0.4, 0.5) is 0 Å². The highest BCUT2D eigenvalue weighted by atomic mass is 16.5. The number of hydrogen-bond acceptors (Lipinski definition) is 4. The van der Waals surface area contributed by atoms with Gasteiger partial charge in [0.2, 0.25) is 0 Å². The van der Waals surface area contributed by atoms with Gasteiger partial charge in [-0.05, 0) is 30.4 Å². The van der Waals surface area contributed by atoms with E-state index in [-0.39, 0.29) is 0 Å². The van der Waals surface area contributed by atoms with Crippen LogP contribution in [0.3, 0.4) is 0 Å². The molecule has 2 N–H and O–H groups in total. The maximum atomic E-state index is 10.7. The zero-order valence-electron chi connectivity index (χ0n) is 15.2. The lowest BCUT2D eigenvalue weighted by Gasteiger charge is -2.43. The summed E-state index contributed by atoms with van der Waals surface area (Å²) in [5.74, 6) is 1.75. The van der Waals surface area contributed by atoms with Crippen LogP contribution in [-0.2, 0) is 6.61 Å². The third-order valence-corrected chi connectivity index (χ3v) is 5.71. The summed E-state index contributed by atoms with van der Waals surface area (Å²) in [7, 11) is 0. The number of rotatable bonds is 6. The number of nitrogens with zero attached hydrogens (tertiary/aromatic N) is 1. The molecule has 0 bridgehead atoms. The van der Waals surface area contributed by atoms with Crippen molar-refractivity contribution in [3.05, 3.63) is 59.7 Å². The van der Waals surface area contributed by atoms with E-state index in [1.807, 2.05) is 36.4 Å². The number of phenols is 1. The van der Waals surface area contributed by atoms with Crippen LogP contribution in [-0.4, -0.2) is 36.2 Å². The Morgan fingerprint density at radius 2 is 1.85 bits per heavy atom. The average Bonchev–Trinajstić information content (AvgIpc) is 2.65. The summed E-state index contributed by atoms with van der Waals surface area (Å²) in [6.07, 6.45) is 3.84. The summed E-state index contributed by atoms with van der Waals surface area (Å²) in [6, 6.07) is 16.3. The zero-order chi connectivity index (χ0) is 17.8. The fraction of sp³-hybridized carbons (Fsp3) is 0.455. The number of hydrogen-bond donors (Lipinski definition) is 2. The van der Waals surface area contributed by atoms with Crippen molar-refractivity contribution in [2.24, 2.45) is 5.92 Å². The molecule has 1 aliphatic heterocycles. The standard InChI is InChI=1S/C22H28N2O2/c25-21-15-19(26-16-17-5-2-1-3-6-17)9-10-20(21)22(18-7-4-8-18)24-13-11-23-12-14-24/h1-3,5-6,9-10,15,18,22-23,25H,4,7-8,11-14,16H2/t22-/m0/s1. The quantitative estimate of drug-likeness (QED) is 0.832. The highest BCUT2D eigenvalue weighted by Crippen LogP contribution is 2.44. The van der Waals surface area contributed by atoms with E-state index in [1.165, 1.54) is 19.3 Å². The molecule has 4 heteroatoms. The Hall–Kier alpha value is -2.04. The number of nitrogens with one attached hydrogen (secondary N) is 1. The fourth-order valence-electron chi connectivity index (χ4n) is 4.07. The molecule has 26 heavy (non-hydrogen) atoms. The molecule has 1 saturated carbocycles. The molecule has 1 atom stereocenters. The van der Waals surface area contributed by atoms with E-state index < -0.39 is 0 Å².